The van der Waals surface area contributed by atoms with E-state index in [2.05, 4.69) is 5.32 Å². The summed E-state index contributed by atoms with van der Waals surface area (Å²) in [5.74, 6) is -0.343. The number of ether oxygens (including phenoxy) is 1. The SMILES string of the molecule is CC[C@H](Nc1cccc(N(C)C(C)=O)c1)C(=O)OC. The van der Waals surface area contributed by atoms with Gasteiger partial charge in [0.05, 0.1) is 7.11 Å². The largest absolute Gasteiger partial charge is 0.467 e. The summed E-state index contributed by atoms with van der Waals surface area (Å²) in [4.78, 5) is 24.4. The minimum atomic E-state index is -0.386. The zero-order chi connectivity index (χ0) is 14.4. The molecule has 1 N–H and O–H groups in total. The molecule has 5 nitrogen and oxygen atoms in total. The van der Waals surface area contributed by atoms with E-state index < -0.39 is 0 Å². The zero-order valence-electron chi connectivity index (χ0n) is 11.8. The summed E-state index contributed by atoms with van der Waals surface area (Å²) in [5, 5.41) is 3.10. The molecule has 19 heavy (non-hydrogen) atoms. The van der Waals surface area contributed by atoms with Crippen LogP contribution in [0.15, 0.2) is 24.3 Å². The molecular formula is C14H20N2O3. The van der Waals surface area contributed by atoms with Gasteiger partial charge in [-0.25, -0.2) is 4.79 Å². The topological polar surface area (TPSA) is 58.6 Å². The van der Waals surface area contributed by atoms with E-state index in [1.54, 1.807) is 11.9 Å². The van der Waals surface area contributed by atoms with Gasteiger partial charge in [-0.2, -0.15) is 0 Å². The molecule has 0 saturated heterocycles. The summed E-state index contributed by atoms with van der Waals surface area (Å²) in [6.45, 7) is 3.41. The number of hydrogen-bond acceptors (Lipinski definition) is 4. The van der Waals surface area contributed by atoms with Crippen LogP contribution in [-0.4, -0.2) is 32.1 Å². The van der Waals surface area contributed by atoms with Crippen molar-refractivity contribution in [2.45, 2.75) is 26.3 Å². The molecule has 0 unspecified atom stereocenters. The fourth-order valence-electron chi connectivity index (χ4n) is 1.66. The summed E-state index contributed by atoms with van der Waals surface area (Å²) >= 11 is 0. The number of nitrogens with zero attached hydrogens (tertiary/aromatic N) is 1. The van der Waals surface area contributed by atoms with Crippen molar-refractivity contribution >= 4 is 23.3 Å². The minimum absolute atomic E-state index is 0.0443. The Morgan fingerprint density at radius 1 is 1.42 bits per heavy atom. The lowest BCUT2D eigenvalue weighted by atomic mass is 10.2. The lowest BCUT2D eigenvalue weighted by molar-refractivity contribution is -0.141. The predicted octanol–water partition coefficient (Wildman–Crippen LogP) is 2.03. The molecule has 0 aromatic heterocycles. The molecule has 1 aromatic rings. The number of benzene rings is 1. The molecule has 1 atom stereocenters. The quantitative estimate of drug-likeness (QED) is 0.827. The molecule has 5 heteroatoms. The van der Waals surface area contributed by atoms with Crippen LogP contribution in [0.4, 0.5) is 11.4 Å². The monoisotopic (exact) mass is 264 g/mol. The number of nitrogens with one attached hydrogen (secondary N) is 1. The number of carbonyl (C=O) groups is 2. The Morgan fingerprint density at radius 3 is 2.63 bits per heavy atom. The molecule has 0 heterocycles. The van der Waals surface area contributed by atoms with E-state index in [1.165, 1.54) is 14.0 Å². The molecule has 0 fully saturated rings. The van der Waals surface area contributed by atoms with Crippen LogP contribution in [-0.2, 0) is 14.3 Å². The van der Waals surface area contributed by atoms with Crippen molar-refractivity contribution in [1.82, 2.24) is 0 Å². The van der Waals surface area contributed by atoms with E-state index in [9.17, 15) is 9.59 Å². The molecule has 0 spiro atoms. The van der Waals surface area contributed by atoms with Crippen molar-refractivity contribution in [2.75, 3.05) is 24.4 Å². The van der Waals surface area contributed by atoms with Gasteiger partial charge in [-0.05, 0) is 24.6 Å². The fraction of sp³-hybridized carbons (Fsp3) is 0.429. The number of esters is 1. The van der Waals surface area contributed by atoms with Crippen LogP contribution in [0.3, 0.4) is 0 Å². The molecule has 0 radical (unpaired) electrons. The van der Waals surface area contributed by atoms with E-state index in [0.29, 0.717) is 6.42 Å². The van der Waals surface area contributed by atoms with Crippen molar-refractivity contribution in [2.24, 2.45) is 0 Å². The van der Waals surface area contributed by atoms with Gasteiger partial charge in [0.15, 0.2) is 0 Å². The van der Waals surface area contributed by atoms with Gasteiger partial charge < -0.3 is 15.0 Å². The van der Waals surface area contributed by atoms with Crippen molar-refractivity contribution < 1.29 is 14.3 Å². The van der Waals surface area contributed by atoms with Gasteiger partial charge >= 0.3 is 5.97 Å². The van der Waals surface area contributed by atoms with Crippen molar-refractivity contribution in [3.05, 3.63) is 24.3 Å². The van der Waals surface area contributed by atoms with Gasteiger partial charge in [0.25, 0.3) is 0 Å². The van der Waals surface area contributed by atoms with Crippen LogP contribution in [0, 0.1) is 0 Å². The Bertz CT molecular complexity index is 460. The van der Waals surface area contributed by atoms with Crippen molar-refractivity contribution in [3.63, 3.8) is 0 Å². The number of hydrogen-bond donors (Lipinski definition) is 1. The summed E-state index contributed by atoms with van der Waals surface area (Å²) < 4.78 is 4.73. The predicted molar refractivity (Wildman–Crippen MR) is 75.2 cm³/mol. The molecule has 1 rings (SSSR count). The maximum Gasteiger partial charge on any atom is 0.328 e. The highest BCUT2D eigenvalue weighted by atomic mass is 16.5. The number of anilines is 2. The third-order valence-electron chi connectivity index (χ3n) is 2.94. The maximum absolute atomic E-state index is 11.5. The summed E-state index contributed by atoms with van der Waals surface area (Å²) in [7, 11) is 3.08. The molecule has 104 valence electrons. The summed E-state index contributed by atoms with van der Waals surface area (Å²) in [6, 6.07) is 6.96. The highest BCUT2D eigenvalue weighted by molar-refractivity contribution is 5.91. The number of rotatable bonds is 5. The fourth-order valence-corrected chi connectivity index (χ4v) is 1.66. The molecule has 1 amide bonds. The second-order valence-electron chi connectivity index (χ2n) is 4.26. The van der Waals surface area contributed by atoms with Crippen LogP contribution >= 0.6 is 0 Å². The zero-order valence-corrected chi connectivity index (χ0v) is 11.8. The van der Waals surface area contributed by atoms with Gasteiger partial charge in [-0.1, -0.05) is 13.0 Å². The van der Waals surface area contributed by atoms with E-state index in [-0.39, 0.29) is 17.9 Å². The minimum Gasteiger partial charge on any atom is -0.467 e. The van der Waals surface area contributed by atoms with Crippen molar-refractivity contribution in [3.8, 4) is 0 Å². The summed E-state index contributed by atoms with van der Waals surface area (Å²) in [5.41, 5.74) is 1.56. The van der Waals surface area contributed by atoms with E-state index in [4.69, 9.17) is 4.74 Å². The Labute approximate surface area is 113 Å². The highest BCUT2D eigenvalue weighted by Gasteiger charge is 2.16. The van der Waals surface area contributed by atoms with Gasteiger partial charge in [0.1, 0.15) is 6.04 Å². The Kier molecular flexibility index (Phi) is 5.36. The third kappa shape index (κ3) is 3.98. The summed E-state index contributed by atoms with van der Waals surface area (Å²) in [6.07, 6.45) is 0.624. The average Bonchev–Trinajstić information content (AvgIpc) is 2.43. The first-order valence-electron chi connectivity index (χ1n) is 6.18. The number of amides is 1. The van der Waals surface area contributed by atoms with Crippen LogP contribution in [0.2, 0.25) is 0 Å². The molecule has 0 aliphatic rings. The molecule has 0 aliphatic heterocycles. The van der Waals surface area contributed by atoms with E-state index >= 15 is 0 Å². The standard InChI is InChI=1S/C14H20N2O3/c1-5-13(14(18)19-4)15-11-7-6-8-12(9-11)16(3)10(2)17/h6-9,13,15H,5H2,1-4H3/t13-/m0/s1. The van der Waals surface area contributed by atoms with Crippen LogP contribution < -0.4 is 10.2 Å². The van der Waals surface area contributed by atoms with Crippen LogP contribution in [0.5, 0.6) is 0 Å². The Hall–Kier alpha value is -2.04. The molecule has 1 aromatic carbocycles. The molecule has 0 saturated carbocycles. The second-order valence-corrected chi connectivity index (χ2v) is 4.26. The smallest absolute Gasteiger partial charge is 0.328 e. The van der Waals surface area contributed by atoms with Gasteiger partial charge in [-0.3, -0.25) is 4.79 Å². The van der Waals surface area contributed by atoms with Crippen LogP contribution in [0.25, 0.3) is 0 Å². The average molecular weight is 264 g/mol. The van der Waals surface area contributed by atoms with Gasteiger partial charge in [-0.15, -0.1) is 0 Å². The lowest BCUT2D eigenvalue weighted by Crippen LogP contribution is -2.30. The highest BCUT2D eigenvalue weighted by Crippen LogP contribution is 2.19. The number of carbonyl (C=O) groups excluding carboxylic acids is 2. The van der Waals surface area contributed by atoms with E-state index in [1.807, 2.05) is 31.2 Å². The van der Waals surface area contributed by atoms with Gasteiger partial charge in [0, 0.05) is 25.3 Å². The van der Waals surface area contributed by atoms with Gasteiger partial charge in [0.2, 0.25) is 5.91 Å². The maximum atomic E-state index is 11.5. The Balaban J connectivity index is 2.87. The second kappa shape index (κ2) is 6.78. The first-order valence-corrected chi connectivity index (χ1v) is 6.18. The Morgan fingerprint density at radius 2 is 2.11 bits per heavy atom. The van der Waals surface area contributed by atoms with Crippen molar-refractivity contribution in [1.29, 1.82) is 0 Å². The lowest BCUT2D eigenvalue weighted by Gasteiger charge is -2.19. The number of methoxy groups -OCH3 is 1. The third-order valence-corrected chi connectivity index (χ3v) is 2.94. The van der Waals surface area contributed by atoms with E-state index in [0.717, 1.165) is 11.4 Å². The first kappa shape index (κ1) is 15.0. The normalized spacial score (nSPS) is 11.6. The molecular weight excluding hydrogens is 244 g/mol. The molecule has 0 aliphatic carbocycles. The molecule has 0 bridgehead atoms. The van der Waals surface area contributed by atoms with Crippen LogP contribution in [0.1, 0.15) is 20.3 Å². The first-order chi connectivity index (χ1) is 8.99.